The van der Waals surface area contributed by atoms with Crippen molar-refractivity contribution >= 4 is 22.4 Å². The Labute approximate surface area is 127 Å². The highest BCUT2D eigenvalue weighted by atomic mass is 16.3. The fourth-order valence-electron chi connectivity index (χ4n) is 2.80. The zero-order valence-corrected chi connectivity index (χ0v) is 11.9. The van der Waals surface area contributed by atoms with Crippen molar-refractivity contribution in [3.63, 3.8) is 0 Å². The Morgan fingerprint density at radius 1 is 1.14 bits per heavy atom. The van der Waals surface area contributed by atoms with Gasteiger partial charge in [-0.05, 0) is 29.7 Å². The van der Waals surface area contributed by atoms with Crippen LogP contribution in [0.25, 0.3) is 16.6 Å². The molecule has 3 aromatic rings. The minimum absolute atomic E-state index is 0.296. The van der Waals surface area contributed by atoms with E-state index in [1.54, 1.807) is 24.7 Å². The van der Waals surface area contributed by atoms with Crippen LogP contribution in [0.5, 0.6) is 5.75 Å². The number of anilines is 1. The number of aromatic nitrogens is 4. The lowest BCUT2D eigenvalue weighted by atomic mass is 9.99. The van der Waals surface area contributed by atoms with Crippen LogP contribution in [-0.4, -0.2) is 38.4 Å². The van der Waals surface area contributed by atoms with E-state index < -0.39 is 0 Å². The summed E-state index contributed by atoms with van der Waals surface area (Å²) in [7, 11) is 0. The fourth-order valence-corrected chi connectivity index (χ4v) is 2.80. The number of phenolic OH excluding ortho intramolecular Hbond substituents is 1. The molecule has 1 aliphatic heterocycles. The number of nitrogens with one attached hydrogen (secondary N) is 1. The van der Waals surface area contributed by atoms with Crippen molar-refractivity contribution in [2.45, 2.75) is 6.42 Å². The highest BCUT2D eigenvalue weighted by Gasteiger charge is 2.17. The number of hydrogen-bond acceptors (Lipinski definition) is 5. The number of fused-ring (bicyclic) bond motifs is 1. The van der Waals surface area contributed by atoms with Gasteiger partial charge in [0, 0.05) is 13.1 Å². The van der Waals surface area contributed by atoms with E-state index in [1.165, 1.54) is 5.57 Å². The smallest absolute Gasteiger partial charge is 0.160 e. The average molecular weight is 293 g/mol. The van der Waals surface area contributed by atoms with Crippen molar-refractivity contribution in [1.82, 2.24) is 20.2 Å². The van der Waals surface area contributed by atoms with Gasteiger partial charge in [-0.15, -0.1) is 0 Å². The molecule has 0 aliphatic carbocycles. The van der Waals surface area contributed by atoms with Crippen LogP contribution in [0.1, 0.15) is 12.0 Å². The molecule has 110 valence electrons. The lowest BCUT2D eigenvalue weighted by molar-refractivity contribution is 0.475. The predicted molar refractivity (Wildman–Crippen MR) is 84.6 cm³/mol. The summed E-state index contributed by atoms with van der Waals surface area (Å²) in [5.74, 6) is 1.21. The van der Waals surface area contributed by atoms with Gasteiger partial charge in [-0.3, -0.25) is 5.10 Å². The fraction of sp³-hybridized carbons (Fsp3) is 0.188. The highest BCUT2D eigenvalue weighted by molar-refractivity contribution is 5.86. The van der Waals surface area contributed by atoms with E-state index in [9.17, 15) is 5.11 Å². The summed E-state index contributed by atoms with van der Waals surface area (Å²) in [6.07, 6.45) is 6.48. The first-order chi connectivity index (χ1) is 10.8. The maximum atomic E-state index is 9.38. The van der Waals surface area contributed by atoms with E-state index in [-0.39, 0.29) is 0 Å². The Kier molecular flexibility index (Phi) is 3.00. The average Bonchev–Trinajstić information content (AvgIpc) is 3.04. The summed E-state index contributed by atoms with van der Waals surface area (Å²) >= 11 is 0. The second-order valence-corrected chi connectivity index (χ2v) is 5.30. The minimum atomic E-state index is 0.296. The molecule has 0 saturated heterocycles. The zero-order chi connectivity index (χ0) is 14.9. The molecule has 2 aromatic heterocycles. The van der Waals surface area contributed by atoms with Crippen molar-refractivity contribution in [3.8, 4) is 5.75 Å². The van der Waals surface area contributed by atoms with E-state index in [0.717, 1.165) is 41.9 Å². The molecule has 2 N–H and O–H groups in total. The van der Waals surface area contributed by atoms with E-state index in [2.05, 4.69) is 31.1 Å². The van der Waals surface area contributed by atoms with Gasteiger partial charge in [0.1, 0.15) is 17.9 Å². The number of nitrogens with zero attached hydrogens (tertiary/aromatic N) is 4. The Bertz CT molecular complexity index is 837. The Morgan fingerprint density at radius 2 is 2.00 bits per heavy atom. The third kappa shape index (κ3) is 2.18. The monoisotopic (exact) mass is 293 g/mol. The molecule has 0 saturated carbocycles. The van der Waals surface area contributed by atoms with Gasteiger partial charge in [0.2, 0.25) is 0 Å². The van der Waals surface area contributed by atoms with Crippen molar-refractivity contribution in [2.75, 3.05) is 18.0 Å². The van der Waals surface area contributed by atoms with E-state index in [0.29, 0.717) is 5.75 Å². The van der Waals surface area contributed by atoms with Crippen LogP contribution < -0.4 is 4.90 Å². The number of benzene rings is 1. The summed E-state index contributed by atoms with van der Waals surface area (Å²) in [6, 6.07) is 7.36. The third-order valence-corrected chi connectivity index (χ3v) is 3.97. The topological polar surface area (TPSA) is 77.9 Å². The molecule has 0 atom stereocenters. The number of aromatic hydroxyl groups is 1. The van der Waals surface area contributed by atoms with Gasteiger partial charge in [0.05, 0.1) is 11.6 Å². The molecular weight excluding hydrogens is 278 g/mol. The molecule has 0 fully saturated rings. The molecular formula is C16H15N5O. The molecule has 0 radical (unpaired) electrons. The quantitative estimate of drug-likeness (QED) is 0.758. The highest BCUT2D eigenvalue weighted by Crippen LogP contribution is 2.28. The largest absolute Gasteiger partial charge is 0.508 e. The van der Waals surface area contributed by atoms with E-state index in [4.69, 9.17) is 0 Å². The van der Waals surface area contributed by atoms with Crippen LogP contribution in [0, 0.1) is 0 Å². The molecule has 22 heavy (non-hydrogen) atoms. The molecule has 0 unspecified atom stereocenters. The second kappa shape index (κ2) is 5.14. The summed E-state index contributed by atoms with van der Waals surface area (Å²) in [5.41, 5.74) is 3.22. The first-order valence-corrected chi connectivity index (χ1v) is 7.19. The van der Waals surface area contributed by atoms with Crippen LogP contribution in [0.4, 0.5) is 5.82 Å². The maximum Gasteiger partial charge on any atom is 0.160 e. The molecule has 0 amide bonds. The molecule has 1 aromatic carbocycles. The van der Waals surface area contributed by atoms with Crippen LogP contribution in [0.2, 0.25) is 0 Å². The van der Waals surface area contributed by atoms with Gasteiger partial charge in [0.15, 0.2) is 5.65 Å². The molecule has 6 nitrogen and oxygen atoms in total. The molecule has 0 spiro atoms. The van der Waals surface area contributed by atoms with Gasteiger partial charge in [0.25, 0.3) is 0 Å². The first-order valence-electron chi connectivity index (χ1n) is 7.19. The van der Waals surface area contributed by atoms with Gasteiger partial charge in [-0.25, -0.2) is 9.97 Å². The lowest BCUT2D eigenvalue weighted by Crippen LogP contribution is -2.29. The first kappa shape index (κ1) is 12.8. The van der Waals surface area contributed by atoms with Crippen LogP contribution in [0.3, 0.4) is 0 Å². The van der Waals surface area contributed by atoms with E-state index in [1.807, 2.05) is 12.1 Å². The normalized spacial score (nSPS) is 15.1. The van der Waals surface area contributed by atoms with Crippen molar-refractivity contribution in [2.24, 2.45) is 0 Å². The number of hydrogen-bond donors (Lipinski definition) is 2. The van der Waals surface area contributed by atoms with Crippen molar-refractivity contribution < 1.29 is 5.11 Å². The SMILES string of the molecule is Oc1ccc(C2=CCN(c3ncnc4[nH]ncc34)CC2)cc1. The van der Waals surface area contributed by atoms with E-state index >= 15 is 0 Å². The summed E-state index contributed by atoms with van der Waals surface area (Å²) < 4.78 is 0. The number of H-pyrrole nitrogens is 1. The second-order valence-electron chi connectivity index (χ2n) is 5.30. The Balaban J connectivity index is 1.60. The van der Waals surface area contributed by atoms with Crippen molar-refractivity contribution in [3.05, 3.63) is 48.4 Å². The van der Waals surface area contributed by atoms with Crippen LogP contribution in [-0.2, 0) is 0 Å². The summed E-state index contributed by atoms with van der Waals surface area (Å²) in [5, 5.41) is 17.2. The predicted octanol–water partition coefficient (Wildman–Crippen LogP) is 2.35. The summed E-state index contributed by atoms with van der Waals surface area (Å²) in [6.45, 7) is 1.69. The van der Waals surface area contributed by atoms with Crippen molar-refractivity contribution in [1.29, 1.82) is 0 Å². The summed E-state index contributed by atoms with van der Waals surface area (Å²) in [4.78, 5) is 10.8. The molecule has 0 bridgehead atoms. The van der Waals surface area contributed by atoms with Crippen LogP contribution in [0.15, 0.2) is 42.9 Å². The molecule has 1 aliphatic rings. The lowest BCUT2D eigenvalue weighted by Gasteiger charge is -2.27. The van der Waals surface area contributed by atoms with Gasteiger partial charge in [-0.1, -0.05) is 18.2 Å². The Morgan fingerprint density at radius 3 is 2.77 bits per heavy atom. The van der Waals surface area contributed by atoms with Gasteiger partial charge >= 0.3 is 0 Å². The third-order valence-electron chi connectivity index (χ3n) is 3.97. The Hall–Kier alpha value is -2.89. The maximum absolute atomic E-state index is 9.38. The molecule has 4 rings (SSSR count). The minimum Gasteiger partial charge on any atom is -0.508 e. The molecule has 3 heterocycles. The zero-order valence-electron chi connectivity index (χ0n) is 11.9. The van der Waals surface area contributed by atoms with Crippen LogP contribution >= 0.6 is 0 Å². The van der Waals surface area contributed by atoms with Gasteiger partial charge < -0.3 is 10.0 Å². The standard InChI is InChI=1S/C16H15N5O/c22-13-3-1-11(2-4-13)12-5-7-21(8-6-12)16-14-9-19-20-15(14)17-10-18-16/h1-5,9-10,22H,6-8H2,(H,17,18,19,20). The van der Waals surface area contributed by atoms with Gasteiger partial charge in [-0.2, -0.15) is 5.10 Å². The number of aromatic amines is 1. The number of rotatable bonds is 2. The molecule has 6 heteroatoms. The number of phenols is 1.